The maximum Gasteiger partial charge on any atom is 0.0599 e. The van der Waals surface area contributed by atoms with Crippen molar-refractivity contribution in [2.75, 3.05) is 19.7 Å². The zero-order valence-corrected chi connectivity index (χ0v) is 11.1. The Hall–Kier alpha value is -0.340. The quantitative estimate of drug-likeness (QED) is 0.553. The van der Waals surface area contributed by atoms with Crippen molar-refractivity contribution in [3.63, 3.8) is 0 Å². The minimum Gasteiger partial charge on any atom is -0.375 e. The summed E-state index contributed by atoms with van der Waals surface area (Å²) in [5.41, 5.74) is 1.64. The van der Waals surface area contributed by atoms with E-state index in [-0.39, 0.29) is 5.60 Å². The van der Waals surface area contributed by atoms with Gasteiger partial charge in [0.25, 0.3) is 0 Å². The summed E-state index contributed by atoms with van der Waals surface area (Å²) < 4.78 is 5.64. The molecule has 1 rings (SSSR count). The zero-order chi connectivity index (χ0) is 11.9. The predicted molar refractivity (Wildman–Crippen MR) is 69.7 cm³/mol. The van der Waals surface area contributed by atoms with E-state index in [1.807, 2.05) is 0 Å². The van der Waals surface area contributed by atoms with E-state index in [2.05, 4.69) is 32.2 Å². The molecule has 0 heterocycles. The van der Waals surface area contributed by atoms with Crippen molar-refractivity contribution >= 4 is 0 Å². The molecule has 0 aromatic heterocycles. The molecule has 0 atom stereocenters. The van der Waals surface area contributed by atoms with Gasteiger partial charge in [-0.05, 0) is 59.4 Å². The first-order valence-corrected chi connectivity index (χ1v) is 6.60. The van der Waals surface area contributed by atoms with Crippen LogP contribution in [0.15, 0.2) is 11.6 Å². The molecule has 0 unspecified atom stereocenters. The standard InChI is InChI=1S/C14H27NO/c1-14(2,3)16-12-11-15-10-9-13-7-5-4-6-8-13/h7,15H,4-6,8-12H2,1-3H3. The highest BCUT2D eigenvalue weighted by Crippen LogP contribution is 2.19. The van der Waals surface area contributed by atoms with Crippen molar-refractivity contribution in [2.45, 2.75) is 58.5 Å². The average molecular weight is 225 g/mol. The second kappa shape index (κ2) is 7.08. The Morgan fingerprint density at radius 3 is 2.69 bits per heavy atom. The Bertz CT molecular complexity index is 215. The van der Waals surface area contributed by atoms with Crippen molar-refractivity contribution in [1.29, 1.82) is 0 Å². The first-order valence-electron chi connectivity index (χ1n) is 6.60. The van der Waals surface area contributed by atoms with E-state index >= 15 is 0 Å². The van der Waals surface area contributed by atoms with Gasteiger partial charge in [-0.3, -0.25) is 0 Å². The van der Waals surface area contributed by atoms with Gasteiger partial charge in [-0.15, -0.1) is 0 Å². The maximum atomic E-state index is 5.64. The van der Waals surface area contributed by atoms with Crippen LogP contribution in [0.4, 0.5) is 0 Å². The summed E-state index contributed by atoms with van der Waals surface area (Å²) in [6, 6.07) is 0. The van der Waals surface area contributed by atoms with E-state index in [1.165, 1.54) is 32.1 Å². The van der Waals surface area contributed by atoms with Gasteiger partial charge in [-0.25, -0.2) is 0 Å². The van der Waals surface area contributed by atoms with Crippen LogP contribution < -0.4 is 5.32 Å². The van der Waals surface area contributed by atoms with Gasteiger partial charge in [0.2, 0.25) is 0 Å². The lowest BCUT2D eigenvalue weighted by molar-refractivity contribution is -0.000714. The summed E-state index contributed by atoms with van der Waals surface area (Å²) in [4.78, 5) is 0. The van der Waals surface area contributed by atoms with E-state index in [1.54, 1.807) is 5.57 Å². The number of ether oxygens (including phenoxy) is 1. The van der Waals surface area contributed by atoms with Crippen LogP contribution in [0.5, 0.6) is 0 Å². The van der Waals surface area contributed by atoms with Crippen molar-refractivity contribution in [1.82, 2.24) is 5.32 Å². The van der Waals surface area contributed by atoms with E-state index < -0.39 is 0 Å². The van der Waals surface area contributed by atoms with E-state index in [9.17, 15) is 0 Å². The molecule has 0 aromatic rings. The van der Waals surface area contributed by atoms with Crippen LogP contribution in [0.3, 0.4) is 0 Å². The summed E-state index contributed by atoms with van der Waals surface area (Å²) in [5, 5.41) is 3.44. The predicted octanol–water partition coefficient (Wildman–Crippen LogP) is 3.28. The maximum absolute atomic E-state index is 5.64. The number of hydrogen-bond donors (Lipinski definition) is 1. The Labute approximate surface area is 100 Å². The van der Waals surface area contributed by atoms with E-state index in [0.29, 0.717) is 0 Å². The molecular weight excluding hydrogens is 198 g/mol. The topological polar surface area (TPSA) is 21.3 Å². The molecule has 2 nitrogen and oxygen atoms in total. The third kappa shape index (κ3) is 7.02. The number of allylic oxidation sites excluding steroid dienone is 1. The molecule has 2 heteroatoms. The third-order valence-electron chi connectivity index (χ3n) is 2.82. The molecule has 1 aliphatic carbocycles. The fourth-order valence-electron chi connectivity index (χ4n) is 1.94. The Kier molecular flexibility index (Phi) is 6.07. The molecule has 0 saturated carbocycles. The smallest absolute Gasteiger partial charge is 0.0599 e. The summed E-state index contributed by atoms with van der Waals surface area (Å²) >= 11 is 0. The first kappa shape index (κ1) is 13.7. The molecule has 1 N–H and O–H groups in total. The highest BCUT2D eigenvalue weighted by atomic mass is 16.5. The molecule has 0 spiro atoms. The average Bonchev–Trinajstić information content (AvgIpc) is 2.23. The second-order valence-electron chi connectivity index (χ2n) is 5.57. The molecule has 0 radical (unpaired) electrons. The number of rotatable bonds is 6. The fraction of sp³-hybridized carbons (Fsp3) is 0.857. The fourth-order valence-corrected chi connectivity index (χ4v) is 1.94. The van der Waals surface area contributed by atoms with Gasteiger partial charge in [0, 0.05) is 6.54 Å². The molecule has 0 fully saturated rings. The molecule has 0 bridgehead atoms. The lowest BCUT2D eigenvalue weighted by atomic mass is 9.97. The minimum absolute atomic E-state index is 0.00637. The van der Waals surface area contributed by atoms with Crippen LogP contribution in [-0.4, -0.2) is 25.3 Å². The third-order valence-corrected chi connectivity index (χ3v) is 2.82. The van der Waals surface area contributed by atoms with Crippen molar-refractivity contribution in [3.8, 4) is 0 Å². The van der Waals surface area contributed by atoms with Crippen molar-refractivity contribution in [2.24, 2.45) is 0 Å². The van der Waals surface area contributed by atoms with Crippen LogP contribution in [0, 0.1) is 0 Å². The lowest BCUT2D eigenvalue weighted by Gasteiger charge is -2.19. The molecule has 0 aliphatic heterocycles. The van der Waals surface area contributed by atoms with Gasteiger partial charge in [0.1, 0.15) is 0 Å². The molecule has 1 aliphatic rings. The number of nitrogens with one attached hydrogen (secondary N) is 1. The molecule has 0 saturated heterocycles. The second-order valence-corrected chi connectivity index (χ2v) is 5.57. The number of hydrogen-bond acceptors (Lipinski definition) is 2. The molecule has 94 valence electrons. The van der Waals surface area contributed by atoms with Gasteiger partial charge >= 0.3 is 0 Å². The van der Waals surface area contributed by atoms with Crippen molar-refractivity contribution in [3.05, 3.63) is 11.6 Å². The highest BCUT2D eigenvalue weighted by Gasteiger charge is 2.08. The van der Waals surface area contributed by atoms with Gasteiger partial charge in [0.05, 0.1) is 12.2 Å². The molecule has 16 heavy (non-hydrogen) atoms. The summed E-state index contributed by atoms with van der Waals surface area (Å²) in [6.07, 6.45) is 9.03. The molecule has 0 aromatic carbocycles. The molecule has 0 amide bonds. The monoisotopic (exact) mass is 225 g/mol. The summed E-state index contributed by atoms with van der Waals surface area (Å²) in [7, 11) is 0. The SMILES string of the molecule is CC(C)(C)OCCNCCC1=CCCCC1. The van der Waals surface area contributed by atoms with E-state index in [4.69, 9.17) is 4.74 Å². The van der Waals surface area contributed by atoms with Crippen LogP contribution in [0.2, 0.25) is 0 Å². The highest BCUT2D eigenvalue weighted by molar-refractivity contribution is 5.05. The first-order chi connectivity index (χ1) is 7.58. The van der Waals surface area contributed by atoms with Gasteiger partial charge in [-0.2, -0.15) is 0 Å². The van der Waals surface area contributed by atoms with Crippen LogP contribution in [0.25, 0.3) is 0 Å². The van der Waals surface area contributed by atoms with Gasteiger partial charge in [0.15, 0.2) is 0 Å². The zero-order valence-electron chi connectivity index (χ0n) is 11.1. The van der Waals surface area contributed by atoms with Gasteiger partial charge in [-0.1, -0.05) is 11.6 Å². The Morgan fingerprint density at radius 2 is 2.06 bits per heavy atom. The minimum atomic E-state index is -0.00637. The van der Waals surface area contributed by atoms with Crippen LogP contribution in [-0.2, 0) is 4.74 Å². The normalized spacial score (nSPS) is 17.3. The largest absolute Gasteiger partial charge is 0.375 e. The van der Waals surface area contributed by atoms with Crippen molar-refractivity contribution < 1.29 is 4.74 Å². The lowest BCUT2D eigenvalue weighted by Crippen LogP contribution is -2.27. The Balaban J connectivity index is 1.94. The summed E-state index contributed by atoms with van der Waals surface area (Å²) in [5.74, 6) is 0. The molecular formula is C14H27NO. The summed E-state index contributed by atoms with van der Waals surface area (Å²) in [6.45, 7) is 9.16. The van der Waals surface area contributed by atoms with Crippen LogP contribution >= 0.6 is 0 Å². The van der Waals surface area contributed by atoms with Gasteiger partial charge < -0.3 is 10.1 Å². The van der Waals surface area contributed by atoms with Crippen LogP contribution in [0.1, 0.15) is 52.9 Å². The van der Waals surface area contributed by atoms with E-state index in [0.717, 1.165) is 19.7 Å². The Morgan fingerprint density at radius 1 is 1.25 bits per heavy atom.